The van der Waals surface area contributed by atoms with Gasteiger partial charge in [-0.3, -0.25) is 47.9 Å². The van der Waals surface area contributed by atoms with Gasteiger partial charge in [0.05, 0.1) is 50.6 Å². The largest absolute Gasteiger partial charge is 0.481 e. The Balaban J connectivity index is 3.72. The standard InChI is InChI=1S/C42H71N9O17/c1-5-6-7-8-9-10-11-12-13-14-15-42(4,67)29-19-32(57)46-27(20-52)39(64)45-22(2)35(60)47-26(18-33(58)59)38(63)49-24(16-30(43)55)36(61)48-25(17-31(44)56)37(62)50-28(21-53)40(65)51-34(23(3)54)41(66)68-29/h22-29,34,52-54,67H,5-21H2,1-4H3,(H2,43,55)(H2,44,56)(H,45,64)(H,46,57)(H,47,60)(H,48,61)(H,49,63)(H,50,62)(H,51,65)(H,58,59)/t22-,23-,24+,25-,26+,27+,28-,29+,34-,42-/m1/s1. The maximum atomic E-state index is 13.7. The molecule has 1 fully saturated rings. The molecule has 1 saturated heterocycles. The lowest BCUT2D eigenvalue weighted by Crippen LogP contribution is -2.61. The lowest BCUT2D eigenvalue weighted by atomic mass is 9.89. The predicted molar refractivity (Wildman–Crippen MR) is 236 cm³/mol. The van der Waals surface area contributed by atoms with E-state index in [0.717, 1.165) is 58.8 Å². The number of aliphatic hydroxyl groups excluding tert-OH is 3. The zero-order valence-corrected chi connectivity index (χ0v) is 39.0. The van der Waals surface area contributed by atoms with Gasteiger partial charge in [-0.05, 0) is 27.2 Å². The van der Waals surface area contributed by atoms with Gasteiger partial charge in [0.15, 0.2) is 6.04 Å². The van der Waals surface area contributed by atoms with Crippen LogP contribution in [0.15, 0.2) is 0 Å². The second kappa shape index (κ2) is 30.4. The zero-order valence-electron chi connectivity index (χ0n) is 39.0. The highest BCUT2D eigenvalue weighted by molar-refractivity contribution is 6.00. The molecule has 1 heterocycles. The number of unbranched alkanes of at least 4 members (excludes halogenated alkanes) is 9. The number of ether oxygens (including phenoxy) is 1. The molecular weight excluding hydrogens is 903 g/mol. The summed E-state index contributed by atoms with van der Waals surface area (Å²) in [6.07, 6.45) is 1.88. The van der Waals surface area contributed by atoms with Crippen LogP contribution in [0.25, 0.3) is 0 Å². The van der Waals surface area contributed by atoms with E-state index in [2.05, 4.69) is 28.2 Å². The van der Waals surface area contributed by atoms with E-state index in [1.807, 2.05) is 16.0 Å². The average Bonchev–Trinajstić information content (AvgIpc) is 3.24. The highest BCUT2D eigenvalue weighted by Gasteiger charge is 2.41. The van der Waals surface area contributed by atoms with E-state index < -0.39 is 164 Å². The number of aliphatic carboxylic acids is 1. The van der Waals surface area contributed by atoms with E-state index in [1.165, 1.54) is 13.3 Å². The highest BCUT2D eigenvalue weighted by atomic mass is 16.6. The summed E-state index contributed by atoms with van der Waals surface area (Å²) < 4.78 is 5.58. The zero-order chi connectivity index (χ0) is 51.7. The molecule has 9 amide bonds. The summed E-state index contributed by atoms with van der Waals surface area (Å²) in [5.41, 5.74) is 8.55. The summed E-state index contributed by atoms with van der Waals surface area (Å²) >= 11 is 0. The fourth-order valence-corrected chi connectivity index (χ4v) is 6.87. The van der Waals surface area contributed by atoms with Crippen molar-refractivity contribution >= 4 is 65.1 Å². The molecule has 0 aromatic rings. The molecule has 0 saturated carbocycles. The van der Waals surface area contributed by atoms with E-state index in [4.69, 9.17) is 16.2 Å². The molecule has 0 spiro atoms. The van der Waals surface area contributed by atoms with Crippen LogP contribution in [-0.4, -0.2) is 164 Å². The number of rotatable bonds is 21. The van der Waals surface area contributed by atoms with Crippen molar-refractivity contribution in [2.75, 3.05) is 13.2 Å². The molecular formula is C42H71N9O17. The van der Waals surface area contributed by atoms with Crippen molar-refractivity contribution < 1.29 is 83.0 Å². The number of amides is 9. The second-order valence-corrected chi connectivity index (χ2v) is 17.0. The van der Waals surface area contributed by atoms with Gasteiger partial charge in [-0.15, -0.1) is 0 Å². The molecule has 386 valence electrons. The Morgan fingerprint density at radius 1 is 0.632 bits per heavy atom. The summed E-state index contributed by atoms with van der Waals surface area (Å²) in [6.45, 7) is 3.25. The molecule has 0 bridgehead atoms. The lowest BCUT2D eigenvalue weighted by Gasteiger charge is -2.34. The number of hydrogen-bond donors (Lipinski definition) is 14. The van der Waals surface area contributed by atoms with Crippen LogP contribution >= 0.6 is 0 Å². The van der Waals surface area contributed by atoms with Gasteiger partial charge in [0.1, 0.15) is 42.4 Å². The molecule has 0 aromatic carbocycles. The molecule has 16 N–H and O–H groups in total. The Morgan fingerprint density at radius 3 is 1.47 bits per heavy atom. The summed E-state index contributed by atoms with van der Waals surface area (Å²) in [6, 6.07) is -13.5. The van der Waals surface area contributed by atoms with Crippen molar-refractivity contribution in [3.8, 4) is 0 Å². The Kier molecular flexibility index (Phi) is 26.8. The van der Waals surface area contributed by atoms with Crippen LogP contribution in [0.5, 0.6) is 0 Å². The van der Waals surface area contributed by atoms with Crippen molar-refractivity contribution in [3.05, 3.63) is 0 Å². The minimum absolute atomic E-state index is 0.0389. The average molecular weight is 974 g/mol. The fraction of sp³-hybridized carbons (Fsp3) is 0.738. The topological polar surface area (TPSA) is 434 Å². The highest BCUT2D eigenvalue weighted by Crippen LogP contribution is 2.25. The Morgan fingerprint density at radius 2 is 1.03 bits per heavy atom. The van der Waals surface area contributed by atoms with Crippen LogP contribution < -0.4 is 48.7 Å². The fourth-order valence-electron chi connectivity index (χ4n) is 6.87. The normalized spacial score (nSPS) is 25.8. The van der Waals surface area contributed by atoms with Crippen molar-refractivity contribution in [2.24, 2.45) is 11.5 Å². The summed E-state index contributed by atoms with van der Waals surface area (Å²) in [4.78, 5) is 143. The van der Waals surface area contributed by atoms with Crippen LogP contribution in [0.4, 0.5) is 0 Å². The maximum Gasteiger partial charge on any atom is 0.331 e. The number of carbonyl (C=O) groups is 11. The van der Waals surface area contributed by atoms with Gasteiger partial charge >= 0.3 is 11.9 Å². The molecule has 0 aliphatic carbocycles. The predicted octanol–water partition coefficient (Wildman–Crippen LogP) is -4.63. The molecule has 10 atom stereocenters. The molecule has 1 aliphatic heterocycles. The van der Waals surface area contributed by atoms with Gasteiger partial charge < -0.3 is 79.0 Å². The number of nitrogens with one attached hydrogen (secondary N) is 7. The first-order chi connectivity index (χ1) is 31.9. The van der Waals surface area contributed by atoms with Crippen molar-refractivity contribution in [3.63, 3.8) is 0 Å². The van der Waals surface area contributed by atoms with Gasteiger partial charge in [0, 0.05) is 0 Å². The number of nitrogens with two attached hydrogens (primary N) is 2. The number of aliphatic hydroxyl groups is 4. The number of cyclic esters (lactones) is 1. The Labute approximate surface area is 393 Å². The van der Waals surface area contributed by atoms with Crippen LogP contribution in [0.1, 0.15) is 124 Å². The molecule has 26 nitrogen and oxygen atoms in total. The van der Waals surface area contributed by atoms with Crippen molar-refractivity contribution in [2.45, 2.75) is 184 Å². The maximum absolute atomic E-state index is 13.7. The second-order valence-electron chi connectivity index (χ2n) is 17.0. The Bertz CT molecular complexity index is 1760. The van der Waals surface area contributed by atoms with Crippen LogP contribution in [-0.2, 0) is 57.5 Å². The van der Waals surface area contributed by atoms with E-state index >= 15 is 0 Å². The number of carbonyl (C=O) groups excluding carboxylic acids is 10. The minimum atomic E-state index is -2.02. The molecule has 68 heavy (non-hydrogen) atoms. The molecule has 0 aromatic heterocycles. The third-order valence-corrected chi connectivity index (χ3v) is 10.9. The van der Waals surface area contributed by atoms with E-state index in [-0.39, 0.29) is 6.42 Å². The number of esters is 1. The van der Waals surface area contributed by atoms with Gasteiger partial charge in [0.25, 0.3) is 0 Å². The third kappa shape index (κ3) is 22.2. The van der Waals surface area contributed by atoms with Crippen LogP contribution in [0.2, 0.25) is 0 Å². The minimum Gasteiger partial charge on any atom is -0.481 e. The smallest absolute Gasteiger partial charge is 0.331 e. The molecule has 1 rings (SSSR count). The van der Waals surface area contributed by atoms with Crippen molar-refractivity contribution in [1.82, 2.24) is 37.2 Å². The summed E-state index contributed by atoms with van der Waals surface area (Å²) in [5.74, 6) is -14.5. The number of carboxylic acids is 1. The number of primary amides is 2. The SMILES string of the molecule is CCCCCCCCCCCC[C@@](C)(O)[C@@H]1CC(=O)N[C@@H](CO)C(=O)N[C@H](C)C(=O)N[C@@H](CC(=O)O)C(=O)N[C@@H](CC(N)=O)C(=O)N[C@H](CC(N)=O)C(=O)N[C@H](CO)C(=O)N[C@H]([C@@H](C)O)C(=O)O1. The number of hydrogen-bond acceptors (Lipinski definition) is 16. The molecule has 0 unspecified atom stereocenters. The summed E-state index contributed by atoms with van der Waals surface area (Å²) in [7, 11) is 0. The van der Waals surface area contributed by atoms with Crippen LogP contribution in [0, 0.1) is 0 Å². The molecule has 0 radical (unpaired) electrons. The first kappa shape index (κ1) is 60.0. The van der Waals surface area contributed by atoms with Gasteiger partial charge in [-0.25, -0.2) is 4.79 Å². The third-order valence-electron chi connectivity index (χ3n) is 10.9. The van der Waals surface area contributed by atoms with Crippen LogP contribution in [0.3, 0.4) is 0 Å². The summed E-state index contributed by atoms with van der Waals surface area (Å²) in [5, 5.41) is 66.7. The first-order valence-corrected chi connectivity index (χ1v) is 22.6. The molecule has 1 aliphatic rings. The lowest BCUT2D eigenvalue weighted by molar-refractivity contribution is -0.172. The van der Waals surface area contributed by atoms with Crippen molar-refractivity contribution in [1.29, 1.82) is 0 Å². The Hall–Kier alpha value is -5.99. The van der Waals surface area contributed by atoms with Gasteiger partial charge in [-0.2, -0.15) is 0 Å². The quantitative estimate of drug-likeness (QED) is 0.0380. The van der Waals surface area contributed by atoms with E-state index in [0.29, 0.717) is 12.8 Å². The van der Waals surface area contributed by atoms with Gasteiger partial charge in [-0.1, -0.05) is 71.1 Å². The monoisotopic (exact) mass is 973 g/mol. The van der Waals surface area contributed by atoms with Gasteiger partial charge in [0.2, 0.25) is 53.2 Å². The molecule has 26 heteroatoms. The first-order valence-electron chi connectivity index (χ1n) is 22.6. The number of carboxylic acid groups (broad SMARTS) is 1. The van der Waals surface area contributed by atoms with E-state index in [9.17, 15) is 78.3 Å². The van der Waals surface area contributed by atoms with E-state index in [1.54, 1.807) is 0 Å².